The maximum absolute atomic E-state index is 11.6. The van der Waals surface area contributed by atoms with Crippen LogP contribution >= 0.6 is 0 Å². The Hall–Kier alpha value is -1.88. The van der Waals surface area contributed by atoms with E-state index in [1.165, 1.54) is 4.90 Å². The molecule has 1 fully saturated rings. The van der Waals surface area contributed by atoms with E-state index >= 15 is 0 Å². The van der Waals surface area contributed by atoms with Crippen LogP contribution in [0.2, 0.25) is 0 Å². The van der Waals surface area contributed by atoms with Crippen molar-refractivity contribution < 1.29 is 19.4 Å². The van der Waals surface area contributed by atoms with Crippen LogP contribution in [0.4, 0.5) is 0 Å². The molecule has 1 aromatic carbocycles. The summed E-state index contributed by atoms with van der Waals surface area (Å²) >= 11 is 0. The van der Waals surface area contributed by atoms with E-state index in [1.807, 2.05) is 30.3 Å². The minimum atomic E-state index is -0.949. The normalized spacial score (nSPS) is 16.7. The van der Waals surface area contributed by atoms with Gasteiger partial charge in [0.05, 0.1) is 6.61 Å². The first-order valence-electron chi connectivity index (χ1n) is 9.03. The molecule has 0 bridgehead atoms. The SMILES string of the molecule is CC(C)C.O=C(O)CN1C(=O)CCC1CCCOCc1ccccc1. The number of ether oxygens (including phenoxy) is 1. The van der Waals surface area contributed by atoms with E-state index in [1.54, 1.807) is 0 Å². The summed E-state index contributed by atoms with van der Waals surface area (Å²) in [5.41, 5.74) is 1.14. The van der Waals surface area contributed by atoms with E-state index in [0.717, 1.165) is 30.7 Å². The second-order valence-corrected chi connectivity index (χ2v) is 7.02. The van der Waals surface area contributed by atoms with Gasteiger partial charge in [-0.25, -0.2) is 0 Å². The zero-order chi connectivity index (χ0) is 18.7. The molecule has 1 aliphatic rings. The number of carbonyl (C=O) groups excluding carboxylic acids is 1. The third kappa shape index (κ3) is 9.25. The molecule has 5 heteroatoms. The number of hydrogen-bond acceptors (Lipinski definition) is 3. The predicted molar refractivity (Wildman–Crippen MR) is 98.2 cm³/mol. The van der Waals surface area contributed by atoms with Crippen LogP contribution in [0.15, 0.2) is 30.3 Å². The van der Waals surface area contributed by atoms with Crippen molar-refractivity contribution in [1.29, 1.82) is 0 Å². The summed E-state index contributed by atoms with van der Waals surface area (Å²) in [7, 11) is 0. The highest BCUT2D eigenvalue weighted by molar-refractivity contribution is 5.83. The lowest BCUT2D eigenvalue weighted by atomic mass is 10.1. The lowest BCUT2D eigenvalue weighted by Gasteiger charge is -2.22. The van der Waals surface area contributed by atoms with Crippen molar-refractivity contribution in [1.82, 2.24) is 4.90 Å². The molecule has 1 amide bonds. The number of benzene rings is 1. The molecular formula is C20H31NO4. The Bertz CT molecular complexity index is 513. The van der Waals surface area contributed by atoms with Crippen LogP contribution in [0.3, 0.4) is 0 Å². The molecule has 0 saturated carbocycles. The Balaban J connectivity index is 0.000000705. The van der Waals surface area contributed by atoms with Crippen LogP contribution in [-0.4, -0.2) is 41.1 Å². The van der Waals surface area contributed by atoms with Gasteiger partial charge >= 0.3 is 5.97 Å². The van der Waals surface area contributed by atoms with Gasteiger partial charge in [0.2, 0.25) is 5.91 Å². The molecule has 2 rings (SSSR count). The molecule has 1 heterocycles. The number of carboxylic acid groups (broad SMARTS) is 1. The monoisotopic (exact) mass is 349 g/mol. The minimum Gasteiger partial charge on any atom is -0.480 e. The number of likely N-dealkylation sites (tertiary alicyclic amines) is 1. The fraction of sp³-hybridized carbons (Fsp3) is 0.600. The van der Waals surface area contributed by atoms with E-state index in [0.29, 0.717) is 19.6 Å². The van der Waals surface area contributed by atoms with Crippen molar-refractivity contribution in [3.05, 3.63) is 35.9 Å². The van der Waals surface area contributed by atoms with Crippen molar-refractivity contribution in [2.24, 2.45) is 5.92 Å². The van der Waals surface area contributed by atoms with Crippen LogP contribution in [0.5, 0.6) is 0 Å². The van der Waals surface area contributed by atoms with Gasteiger partial charge in [0, 0.05) is 19.1 Å². The van der Waals surface area contributed by atoms with E-state index in [4.69, 9.17) is 9.84 Å². The molecule has 25 heavy (non-hydrogen) atoms. The summed E-state index contributed by atoms with van der Waals surface area (Å²) in [6.07, 6.45) is 2.85. The van der Waals surface area contributed by atoms with Gasteiger partial charge in [-0.1, -0.05) is 51.1 Å². The van der Waals surface area contributed by atoms with Crippen LogP contribution in [0.1, 0.15) is 52.0 Å². The van der Waals surface area contributed by atoms with E-state index in [2.05, 4.69) is 20.8 Å². The Morgan fingerprint density at radius 2 is 1.92 bits per heavy atom. The number of rotatable bonds is 8. The first-order valence-corrected chi connectivity index (χ1v) is 9.03. The van der Waals surface area contributed by atoms with Gasteiger partial charge in [-0.15, -0.1) is 0 Å². The van der Waals surface area contributed by atoms with E-state index in [9.17, 15) is 9.59 Å². The second-order valence-electron chi connectivity index (χ2n) is 7.02. The predicted octanol–water partition coefficient (Wildman–Crippen LogP) is 3.72. The highest BCUT2D eigenvalue weighted by Crippen LogP contribution is 2.22. The summed E-state index contributed by atoms with van der Waals surface area (Å²) in [6.45, 7) is 7.53. The topological polar surface area (TPSA) is 66.8 Å². The standard InChI is InChI=1S/C16H21NO4.C4H10/c18-15-9-8-14(17(15)11-16(19)20)7-4-10-21-12-13-5-2-1-3-6-13;1-4(2)3/h1-3,5-6,14H,4,7-12H2,(H,19,20);4H,1-3H3. The molecule has 1 unspecified atom stereocenters. The highest BCUT2D eigenvalue weighted by Gasteiger charge is 2.31. The smallest absolute Gasteiger partial charge is 0.323 e. The number of carbonyl (C=O) groups is 2. The molecule has 0 aliphatic carbocycles. The van der Waals surface area contributed by atoms with Crippen molar-refractivity contribution >= 4 is 11.9 Å². The number of carboxylic acids is 1. The largest absolute Gasteiger partial charge is 0.480 e. The van der Waals surface area contributed by atoms with Crippen LogP contribution in [0, 0.1) is 5.92 Å². The molecule has 0 spiro atoms. The zero-order valence-corrected chi connectivity index (χ0v) is 15.6. The lowest BCUT2D eigenvalue weighted by Crippen LogP contribution is -2.37. The molecule has 1 N–H and O–H groups in total. The average molecular weight is 349 g/mol. The highest BCUT2D eigenvalue weighted by atomic mass is 16.5. The maximum Gasteiger partial charge on any atom is 0.323 e. The number of aliphatic carboxylic acids is 1. The van der Waals surface area contributed by atoms with Gasteiger partial charge in [-0.2, -0.15) is 0 Å². The zero-order valence-electron chi connectivity index (χ0n) is 15.6. The number of hydrogen-bond donors (Lipinski definition) is 1. The molecule has 0 radical (unpaired) electrons. The van der Waals surface area contributed by atoms with Gasteiger partial charge in [0.15, 0.2) is 0 Å². The first kappa shape index (κ1) is 21.2. The van der Waals surface area contributed by atoms with E-state index < -0.39 is 5.97 Å². The van der Waals surface area contributed by atoms with Gasteiger partial charge in [0.1, 0.15) is 6.54 Å². The van der Waals surface area contributed by atoms with Crippen molar-refractivity contribution in [3.63, 3.8) is 0 Å². The fourth-order valence-electron chi connectivity index (χ4n) is 2.64. The van der Waals surface area contributed by atoms with Gasteiger partial charge in [0.25, 0.3) is 0 Å². The summed E-state index contributed by atoms with van der Waals surface area (Å²) in [6, 6.07) is 10.0. The summed E-state index contributed by atoms with van der Waals surface area (Å²) < 4.78 is 5.60. The van der Waals surface area contributed by atoms with Gasteiger partial charge in [-0.3, -0.25) is 9.59 Å². The molecule has 1 atom stereocenters. The Labute approximate surface area is 151 Å². The van der Waals surface area contributed by atoms with Gasteiger partial charge < -0.3 is 14.7 Å². The summed E-state index contributed by atoms with van der Waals surface area (Å²) in [5, 5.41) is 8.83. The molecular weight excluding hydrogens is 318 g/mol. The molecule has 140 valence electrons. The van der Waals surface area contributed by atoms with Crippen molar-refractivity contribution in [2.45, 2.75) is 59.1 Å². The fourth-order valence-corrected chi connectivity index (χ4v) is 2.64. The van der Waals surface area contributed by atoms with Crippen LogP contribution in [0.25, 0.3) is 0 Å². The quantitative estimate of drug-likeness (QED) is 0.726. The summed E-state index contributed by atoms with van der Waals surface area (Å²) in [5.74, 6) is -0.164. The maximum atomic E-state index is 11.6. The Kier molecular flexibility index (Phi) is 9.85. The van der Waals surface area contributed by atoms with Crippen molar-refractivity contribution in [2.75, 3.05) is 13.2 Å². The minimum absolute atomic E-state index is 0.0485. The first-order chi connectivity index (χ1) is 11.9. The summed E-state index contributed by atoms with van der Waals surface area (Å²) in [4.78, 5) is 23.9. The average Bonchev–Trinajstić information content (AvgIpc) is 2.88. The van der Waals surface area contributed by atoms with E-state index in [-0.39, 0.29) is 18.5 Å². The molecule has 5 nitrogen and oxygen atoms in total. The third-order valence-corrected chi connectivity index (χ3v) is 3.70. The van der Waals surface area contributed by atoms with Gasteiger partial charge in [-0.05, 0) is 30.7 Å². The third-order valence-electron chi connectivity index (χ3n) is 3.70. The lowest BCUT2D eigenvalue weighted by molar-refractivity contribution is -0.143. The number of amides is 1. The Morgan fingerprint density at radius 1 is 1.28 bits per heavy atom. The molecule has 1 aliphatic heterocycles. The second kappa shape index (κ2) is 11.6. The molecule has 0 aromatic heterocycles. The number of nitrogens with zero attached hydrogens (tertiary/aromatic N) is 1. The Morgan fingerprint density at radius 3 is 2.52 bits per heavy atom. The molecule has 1 aromatic rings. The molecule has 1 saturated heterocycles. The van der Waals surface area contributed by atoms with Crippen molar-refractivity contribution in [3.8, 4) is 0 Å². The van der Waals surface area contributed by atoms with Crippen LogP contribution in [-0.2, 0) is 20.9 Å². The van der Waals surface area contributed by atoms with Crippen LogP contribution < -0.4 is 0 Å².